The van der Waals surface area contributed by atoms with Gasteiger partial charge in [-0.05, 0) is 37.0 Å². The second-order valence-corrected chi connectivity index (χ2v) is 6.27. The first-order valence-corrected chi connectivity index (χ1v) is 7.86. The highest BCUT2D eigenvalue weighted by atomic mass is 35.5. The summed E-state index contributed by atoms with van der Waals surface area (Å²) >= 11 is 0. The van der Waals surface area contributed by atoms with Gasteiger partial charge < -0.3 is 15.6 Å². The standard InChI is InChI=1S/C16H17N5O3.ClH/c17-16(5-2-6-16)14-19-13(24-20-14)11-4-1-3-10(7-11)9-21-12(22)8-18-15(21)23;/h1,3-4,7H,2,5-6,8-9,17H2,(H,18,23);1H. The van der Waals surface area contributed by atoms with Crippen LogP contribution in [-0.2, 0) is 16.9 Å². The van der Waals surface area contributed by atoms with Gasteiger partial charge in [0.05, 0.1) is 18.6 Å². The quantitative estimate of drug-likeness (QED) is 0.796. The highest BCUT2D eigenvalue weighted by Crippen LogP contribution is 2.37. The largest absolute Gasteiger partial charge is 0.334 e. The molecule has 1 aromatic carbocycles. The number of rotatable bonds is 4. The van der Waals surface area contributed by atoms with Gasteiger partial charge in [0, 0.05) is 5.56 Å². The third kappa shape index (κ3) is 3.10. The SMILES string of the molecule is Cl.NC1(c2noc(-c3cccc(CN4C(=O)CNC4=O)c3)n2)CCC1. The molecule has 0 bridgehead atoms. The fraction of sp³-hybridized carbons (Fsp3) is 0.375. The Hall–Kier alpha value is -2.45. The van der Waals surface area contributed by atoms with Gasteiger partial charge in [-0.3, -0.25) is 9.69 Å². The first-order chi connectivity index (χ1) is 11.5. The predicted octanol–water partition coefficient (Wildman–Crippen LogP) is 1.55. The van der Waals surface area contributed by atoms with E-state index < -0.39 is 5.54 Å². The first-order valence-electron chi connectivity index (χ1n) is 7.86. The predicted molar refractivity (Wildman–Crippen MR) is 90.6 cm³/mol. The van der Waals surface area contributed by atoms with Gasteiger partial charge in [-0.1, -0.05) is 17.3 Å². The maximum absolute atomic E-state index is 11.7. The van der Waals surface area contributed by atoms with Crippen LogP contribution in [0.25, 0.3) is 11.5 Å². The summed E-state index contributed by atoms with van der Waals surface area (Å²) in [5.41, 5.74) is 7.28. The molecule has 25 heavy (non-hydrogen) atoms. The second kappa shape index (κ2) is 6.45. The number of carbonyl (C=O) groups is 2. The van der Waals surface area contributed by atoms with Crippen LogP contribution >= 0.6 is 12.4 Å². The van der Waals surface area contributed by atoms with Crippen LogP contribution in [0.2, 0.25) is 0 Å². The molecule has 1 aliphatic heterocycles. The van der Waals surface area contributed by atoms with Gasteiger partial charge in [-0.25, -0.2) is 4.79 Å². The van der Waals surface area contributed by atoms with Crippen LogP contribution in [0.4, 0.5) is 4.79 Å². The van der Waals surface area contributed by atoms with E-state index in [1.807, 2.05) is 24.3 Å². The van der Waals surface area contributed by atoms with Gasteiger partial charge in [0.1, 0.15) is 0 Å². The molecule has 0 radical (unpaired) electrons. The Morgan fingerprint density at radius 1 is 1.32 bits per heavy atom. The lowest BCUT2D eigenvalue weighted by Gasteiger charge is -2.34. The van der Waals surface area contributed by atoms with Crippen molar-refractivity contribution < 1.29 is 14.1 Å². The minimum absolute atomic E-state index is 0. The molecule has 0 spiro atoms. The third-order valence-electron chi connectivity index (χ3n) is 4.57. The van der Waals surface area contributed by atoms with Crippen LogP contribution in [0.1, 0.15) is 30.7 Å². The lowest BCUT2D eigenvalue weighted by Crippen LogP contribution is -2.44. The summed E-state index contributed by atoms with van der Waals surface area (Å²) in [5, 5.41) is 6.51. The Balaban J connectivity index is 0.00000182. The maximum Gasteiger partial charge on any atom is 0.324 e. The first kappa shape index (κ1) is 17.4. The van der Waals surface area contributed by atoms with Crippen molar-refractivity contribution in [1.82, 2.24) is 20.4 Å². The lowest BCUT2D eigenvalue weighted by atomic mass is 9.77. The number of aromatic nitrogens is 2. The molecule has 0 unspecified atom stereocenters. The Bertz CT molecular complexity index is 802. The summed E-state index contributed by atoms with van der Waals surface area (Å²) in [6.45, 7) is 0.254. The number of carbonyl (C=O) groups excluding carboxylic acids is 2. The number of halogens is 1. The smallest absolute Gasteiger partial charge is 0.324 e. The van der Waals surface area contributed by atoms with Gasteiger partial charge in [0.2, 0.25) is 5.91 Å². The van der Waals surface area contributed by atoms with E-state index in [0.29, 0.717) is 11.7 Å². The van der Waals surface area contributed by atoms with E-state index in [-0.39, 0.29) is 37.4 Å². The molecule has 4 rings (SSSR count). The minimum Gasteiger partial charge on any atom is -0.334 e. The zero-order valence-electron chi connectivity index (χ0n) is 13.4. The van der Waals surface area contributed by atoms with Gasteiger partial charge in [0.15, 0.2) is 5.82 Å². The molecule has 2 fully saturated rings. The zero-order valence-corrected chi connectivity index (χ0v) is 14.2. The summed E-state index contributed by atoms with van der Waals surface area (Å²) in [4.78, 5) is 28.9. The topological polar surface area (TPSA) is 114 Å². The molecule has 1 aliphatic carbocycles. The van der Waals surface area contributed by atoms with Crippen LogP contribution < -0.4 is 11.1 Å². The van der Waals surface area contributed by atoms with E-state index in [0.717, 1.165) is 30.4 Å². The van der Waals surface area contributed by atoms with Crippen molar-refractivity contribution in [2.45, 2.75) is 31.3 Å². The third-order valence-corrected chi connectivity index (χ3v) is 4.57. The molecular formula is C16H18ClN5O3. The van der Waals surface area contributed by atoms with Crippen molar-refractivity contribution in [2.24, 2.45) is 5.73 Å². The molecular weight excluding hydrogens is 346 g/mol. The molecule has 3 amide bonds. The number of amides is 3. The molecule has 2 aliphatic rings. The van der Waals surface area contributed by atoms with Crippen molar-refractivity contribution in [3.05, 3.63) is 35.7 Å². The maximum atomic E-state index is 11.7. The number of benzene rings is 1. The number of nitrogens with one attached hydrogen (secondary N) is 1. The van der Waals surface area contributed by atoms with Crippen molar-refractivity contribution in [3.8, 4) is 11.5 Å². The van der Waals surface area contributed by atoms with E-state index in [9.17, 15) is 9.59 Å². The normalized spacial score (nSPS) is 18.5. The van der Waals surface area contributed by atoms with E-state index in [2.05, 4.69) is 15.5 Å². The lowest BCUT2D eigenvalue weighted by molar-refractivity contribution is -0.125. The van der Waals surface area contributed by atoms with Crippen molar-refractivity contribution in [3.63, 3.8) is 0 Å². The number of nitrogens with zero attached hydrogens (tertiary/aromatic N) is 3. The molecule has 2 heterocycles. The van der Waals surface area contributed by atoms with Gasteiger partial charge in [-0.2, -0.15) is 4.98 Å². The highest BCUT2D eigenvalue weighted by Gasteiger charge is 2.39. The molecule has 1 aromatic heterocycles. The summed E-state index contributed by atoms with van der Waals surface area (Å²) < 4.78 is 5.34. The molecule has 132 valence electrons. The molecule has 1 saturated heterocycles. The van der Waals surface area contributed by atoms with Gasteiger partial charge >= 0.3 is 6.03 Å². The van der Waals surface area contributed by atoms with E-state index in [1.165, 1.54) is 4.90 Å². The van der Waals surface area contributed by atoms with Crippen molar-refractivity contribution in [1.29, 1.82) is 0 Å². The summed E-state index contributed by atoms with van der Waals surface area (Å²) in [7, 11) is 0. The Kier molecular flexibility index (Phi) is 4.49. The van der Waals surface area contributed by atoms with Gasteiger partial charge in [-0.15, -0.1) is 12.4 Å². The van der Waals surface area contributed by atoms with Gasteiger partial charge in [0.25, 0.3) is 5.89 Å². The molecule has 8 nitrogen and oxygen atoms in total. The van der Waals surface area contributed by atoms with Crippen molar-refractivity contribution >= 4 is 24.3 Å². The Morgan fingerprint density at radius 2 is 2.12 bits per heavy atom. The van der Waals surface area contributed by atoms with E-state index >= 15 is 0 Å². The van der Waals surface area contributed by atoms with Crippen LogP contribution in [0.15, 0.2) is 28.8 Å². The average Bonchev–Trinajstić information content (AvgIpc) is 3.16. The molecule has 3 N–H and O–H groups in total. The number of nitrogens with two attached hydrogens (primary N) is 1. The average molecular weight is 364 g/mol. The number of urea groups is 1. The zero-order chi connectivity index (χ0) is 16.7. The van der Waals surface area contributed by atoms with E-state index in [4.69, 9.17) is 10.3 Å². The van der Waals surface area contributed by atoms with Crippen LogP contribution in [0.5, 0.6) is 0 Å². The van der Waals surface area contributed by atoms with Crippen LogP contribution in [-0.4, -0.2) is 33.5 Å². The molecule has 0 atom stereocenters. The van der Waals surface area contributed by atoms with E-state index in [1.54, 1.807) is 0 Å². The Morgan fingerprint density at radius 3 is 2.76 bits per heavy atom. The summed E-state index contributed by atoms with van der Waals surface area (Å²) in [6.07, 6.45) is 2.79. The van der Waals surface area contributed by atoms with Crippen LogP contribution in [0.3, 0.4) is 0 Å². The Labute approximate surface area is 150 Å². The number of hydrogen-bond acceptors (Lipinski definition) is 6. The molecule has 9 heteroatoms. The number of hydrogen-bond donors (Lipinski definition) is 2. The monoisotopic (exact) mass is 363 g/mol. The highest BCUT2D eigenvalue weighted by molar-refractivity contribution is 6.01. The summed E-state index contributed by atoms with van der Waals surface area (Å²) in [5.74, 6) is 0.685. The summed E-state index contributed by atoms with van der Waals surface area (Å²) in [6, 6.07) is 6.97. The fourth-order valence-electron chi connectivity index (χ4n) is 2.92. The van der Waals surface area contributed by atoms with Crippen LogP contribution in [0, 0.1) is 0 Å². The molecule has 2 aromatic rings. The van der Waals surface area contributed by atoms with Crippen molar-refractivity contribution in [2.75, 3.05) is 6.54 Å². The minimum atomic E-state index is -0.473. The fourth-order valence-corrected chi connectivity index (χ4v) is 2.92. The second-order valence-electron chi connectivity index (χ2n) is 6.27. The number of imide groups is 1. The molecule has 1 saturated carbocycles.